The number of hydrogen-bond acceptors (Lipinski definition) is 4. The predicted molar refractivity (Wildman–Crippen MR) is 107 cm³/mol. The lowest BCUT2D eigenvalue weighted by Crippen LogP contribution is -2.18. The molecule has 0 aromatic rings. The van der Waals surface area contributed by atoms with Crippen LogP contribution in [0.3, 0.4) is 0 Å². The standard InChI is InChI=1S/C22H40O4/c1-5-9-11-12-14-16-20(22(24)26-18-8-4)19(15-13-10-6-2)21(23)25-17-7-3/h5-18H2,1-4H3/b20-19-. The van der Waals surface area contributed by atoms with Crippen LogP contribution in [0.4, 0.5) is 0 Å². The molecule has 0 fully saturated rings. The van der Waals surface area contributed by atoms with Crippen molar-refractivity contribution in [1.82, 2.24) is 0 Å². The average molecular weight is 369 g/mol. The lowest BCUT2D eigenvalue weighted by molar-refractivity contribution is -0.142. The third-order valence-corrected chi connectivity index (χ3v) is 4.29. The van der Waals surface area contributed by atoms with Gasteiger partial charge in [-0.3, -0.25) is 0 Å². The molecule has 0 heterocycles. The van der Waals surface area contributed by atoms with E-state index in [0.29, 0.717) is 37.2 Å². The fourth-order valence-corrected chi connectivity index (χ4v) is 2.77. The summed E-state index contributed by atoms with van der Waals surface area (Å²) < 4.78 is 10.7. The van der Waals surface area contributed by atoms with Crippen LogP contribution in [0.1, 0.15) is 105 Å². The number of rotatable bonds is 16. The minimum Gasteiger partial charge on any atom is -0.462 e. The normalized spacial score (nSPS) is 11.8. The van der Waals surface area contributed by atoms with Crippen molar-refractivity contribution >= 4 is 11.9 Å². The molecule has 0 aliphatic heterocycles. The van der Waals surface area contributed by atoms with Crippen LogP contribution in [0.15, 0.2) is 11.1 Å². The topological polar surface area (TPSA) is 52.6 Å². The molecule has 0 rings (SSSR count). The number of ether oxygens (including phenoxy) is 2. The number of carbonyl (C=O) groups excluding carboxylic acids is 2. The van der Waals surface area contributed by atoms with E-state index in [9.17, 15) is 9.59 Å². The Balaban J connectivity index is 5.27. The Morgan fingerprint density at radius 1 is 0.538 bits per heavy atom. The molecular formula is C22H40O4. The zero-order chi connectivity index (χ0) is 19.6. The molecule has 0 aliphatic rings. The van der Waals surface area contributed by atoms with E-state index in [1.165, 1.54) is 19.3 Å². The molecule has 0 aromatic heterocycles. The second kappa shape index (κ2) is 17.1. The predicted octanol–water partition coefficient (Wildman–Crippen LogP) is 6.13. The molecule has 0 bridgehead atoms. The Morgan fingerprint density at radius 2 is 0.923 bits per heavy atom. The fourth-order valence-electron chi connectivity index (χ4n) is 2.77. The van der Waals surface area contributed by atoms with Gasteiger partial charge >= 0.3 is 11.9 Å². The van der Waals surface area contributed by atoms with Gasteiger partial charge in [-0.25, -0.2) is 9.59 Å². The number of esters is 2. The van der Waals surface area contributed by atoms with Gasteiger partial charge in [0.2, 0.25) is 0 Å². The molecule has 0 saturated carbocycles. The SMILES string of the molecule is CCCCCCC/C(C(=O)OCCC)=C(\CCCCC)C(=O)OCCC. The van der Waals surface area contributed by atoms with Gasteiger partial charge in [-0.05, 0) is 38.5 Å². The quantitative estimate of drug-likeness (QED) is 0.187. The highest BCUT2D eigenvalue weighted by molar-refractivity contribution is 6.00. The van der Waals surface area contributed by atoms with Crippen LogP contribution in [-0.4, -0.2) is 25.2 Å². The summed E-state index contributed by atoms with van der Waals surface area (Å²) in [5.74, 6) is -0.665. The molecule has 0 aliphatic carbocycles. The first kappa shape index (κ1) is 24.7. The van der Waals surface area contributed by atoms with Gasteiger partial charge in [-0.15, -0.1) is 0 Å². The molecule has 0 N–H and O–H groups in total. The molecule has 26 heavy (non-hydrogen) atoms. The maximum absolute atomic E-state index is 12.6. The minimum absolute atomic E-state index is 0.331. The van der Waals surface area contributed by atoms with Gasteiger partial charge in [0.1, 0.15) is 0 Å². The zero-order valence-electron chi connectivity index (χ0n) is 17.5. The molecule has 152 valence electrons. The van der Waals surface area contributed by atoms with Crippen LogP contribution >= 0.6 is 0 Å². The lowest BCUT2D eigenvalue weighted by Gasteiger charge is -2.15. The van der Waals surface area contributed by atoms with Crippen LogP contribution in [0.25, 0.3) is 0 Å². The molecule has 0 aromatic carbocycles. The molecular weight excluding hydrogens is 328 g/mol. The summed E-state index contributed by atoms with van der Waals surface area (Å²) in [4.78, 5) is 25.1. The van der Waals surface area contributed by atoms with E-state index in [0.717, 1.165) is 44.9 Å². The van der Waals surface area contributed by atoms with Gasteiger partial charge in [-0.1, -0.05) is 66.2 Å². The van der Waals surface area contributed by atoms with Gasteiger partial charge in [0.05, 0.1) is 13.2 Å². The fraction of sp³-hybridized carbons (Fsp3) is 0.818. The first-order chi connectivity index (χ1) is 12.6. The van der Waals surface area contributed by atoms with Gasteiger partial charge in [0.15, 0.2) is 0 Å². The van der Waals surface area contributed by atoms with E-state index < -0.39 is 0 Å². The summed E-state index contributed by atoms with van der Waals surface area (Å²) in [6.07, 6.45) is 11.3. The smallest absolute Gasteiger partial charge is 0.334 e. The molecule has 0 saturated heterocycles. The first-order valence-electron chi connectivity index (χ1n) is 10.7. The molecule has 0 radical (unpaired) electrons. The van der Waals surface area contributed by atoms with Crippen LogP contribution in [0, 0.1) is 0 Å². The van der Waals surface area contributed by atoms with Crippen LogP contribution < -0.4 is 0 Å². The lowest BCUT2D eigenvalue weighted by atomic mass is 9.96. The Labute approximate surface area is 160 Å². The van der Waals surface area contributed by atoms with Crippen molar-refractivity contribution < 1.29 is 19.1 Å². The summed E-state index contributed by atoms with van der Waals surface area (Å²) in [7, 11) is 0. The molecule has 4 nitrogen and oxygen atoms in total. The molecule has 4 heteroatoms. The van der Waals surface area contributed by atoms with Crippen molar-refractivity contribution in [2.24, 2.45) is 0 Å². The van der Waals surface area contributed by atoms with Crippen LogP contribution in [-0.2, 0) is 19.1 Å². The van der Waals surface area contributed by atoms with Gasteiger partial charge in [0.25, 0.3) is 0 Å². The Hall–Kier alpha value is -1.32. The summed E-state index contributed by atoms with van der Waals surface area (Å²) in [5.41, 5.74) is 1.09. The highest BCUT2D eigenvalue weighted by Gasteiger charge is 2.22. The number of carbonyl (C=O) groups is 2. The molecule has 0 amide bonds. The van der Waals surface area contributed by atoms with E-state index in [4.69, 9.17) is 9.47 Å². The van der Waals surface area contributed by atoms with E-state index in [1.54, 1.807) is 0 Å². The highest BCUT2D eigenvalue weighted by Crippen LogP contribution is 2.22. The second-order valence-corrected chi connectivity index (χ2v) is 6.85. The van der Waals surface area contributed by atoms with Gasteiger partial charge < -0.3 is 9.47 Å². The number of hydrogen-bond donors (Lipinski definition) is 0. The van der Waals surface area contributed by atoms with Gasteiger partial charge in [-0.2, -0.15) is 0 Å². The molecule has 0 spiro atoms. The largest absolute Gasteiger partial charge is 0.462 e. The van der Waals surface area contributed by atoms with Crippen molar-refractivity contribution in [2.75, 3.05) is 13.2 Å². The van der Waals surface area contributed by atoms with E-state index >= 15 is 0 Å². The van der Waals surface area contributed by atoms with Crippen molar-refractivity contribution in [3.63, 3.8) is 0 Å². The third-order valence-electron chi connectivity index (χ3n) is 4.29. The van der Waals surface area contributed by atoms with Crippen LogP contribution in [0.2, 0.25) is 0 Å². The monoisotopic (exact) mass is 368 g/mol. The maximum Gasteiger partial charge on any atom is 0.334 e. The third kappa shape index (κ3) is 11.3. The minimum atomic E-state index is -0.333. The Kier molecular flexibility index (Phi) is 16.2. The van der Waals surface area contributed by atoms with Crippen molar-refractivity contribution in [1.29, 1.82) is 0 Å². The maximum atomic E-state index is 12.6. The van der Waals surface area contributed by atoms with Gasteiger partial charge in [0, 0.05) is 11.1 Å². The zero-order valence-corrected chi connectivity index (χ0v) is 17.5. The van der Waals surface area contributed by atoms with Crippen molar-refractivity contribution in [3.8, 4) is 0 Å². The van der Waals surface area contributed by atoms with E-state index in [2.05, 4.69) is 13.8 Å². The van der Waals surface area contributed by atoms with E-state index in [1.807, 2.05) is 13.8 Å². The summed E-state index contributed by atoms with van der Waals surface area (Å²) in [6, 6.07) is 0. The summed E-state index contributed by atoms with van der Waals surface area (Å²) in [6.45, 7) is 9.04. The van der Waals surface area contributed by atoms with Crippen LogP contribution in [0.5, 0.6) is 0 Å². The first-order valence-corrected chi connectivity index (χ1v) is 10.7. The van der Waals surface area contributed by atoms with Crippen molar-refractivity contribution in [3.05, 3.63) is 11.1 Å². The van der Waals surface area contributed by atoms with E-state index in [-0.39, 0.29) is 11.9 Å². The molecule has 0 atom stereocenters. The Morgan fingerprint density at radius 3 is 1.35 bits per heavy atom. The highest BCUT2D eigenvalue weighted by atomic mass is 16.5. The molecule has 0 unspecified atom stereocenters. The average Bonchev–Trinajstić information content (AvgIpc) is 2.65. The Bertz CT molecular complexity index is 412. The summed E-state index contributed by atoms with van der Waals surface area (Å²) >= 11 is 0. The summed E-state index contributed by atoms with van der Waals surface area (Å²) in [5, 5.41) is 0. The second-order valence-electron chi connectivity index (χ2n) is 6.85. The van der Waals surface area contributed by atoms with Crippen molar-refractivity contribution in [2.45, 2.75) is 105 Å². The number of unbranched alkanes of at least 4 members (excludes halogenated alkanes) is 6.